The highest BCUT2D eigenvalue weighted by Gasteiger charge is 2.26. The van der Waals surface area contributed by atoms with Crippen molar-refractivity contribution >= 4 is 12.3 Å². The van der Waals surface area contributed by atoms with Crippen molar-refractivity contribution in [1.82, 2.24) is 0 Å². The van der Waals surface area contributed by atoms with Crippen molar-refractivity contribution in [3.63, 3.8) is 0 Å². The SMILES string of the molecule is COC(=O)OC(C)COc1ccc(C(C)(C)c2ccc(OCC3COC(=O)O3)cc2)cc1. The van der Waals surface area contributed by atoms with Gasteiger partial charge < -0.3 is 28.4 Å². The fourth-order valence-electron chi connectivity index (χ4n) is 3.20. The molecule has 3 rings (SSSR count). The largest absolute Gasteiger partial charge is 0.508 e. The lowest BCUT2D eigenvalue weighted by atomic mass is 9.78. The first-order valence-electron chi connectivity index (χ1n) is 10.3. The molecule has 0 amide bonds. The second-order valence-corrected chi connectivity index (χ2v) is 7.98. The number of cyclic esters (lactones) is 2. The predicted octanol–water partition coefficient (Wildman–Crippen LogP) is 4.48. The summed E-state index contributed by atoms with van der Waals surface area (Å²) in [5.74, 6) is 1.38. The Labute approximate surface area is 187 Å². The molecule has 2 atom stereocenters. The van der Waals surface area contributed by atoms with Gasteiger partial charge in [0.05, 0.1) is 7.11 Å². The van der Waals surface area contributed by atoms with E-state index in [1.807, 2.05) is 48.5 Å². The molecule has 0 radical (unpaired) electrons. The highest BCUT2D eigenvalue weighted by molar-refractivity contribution is 5.61. The standard InChI is InChI=1S/C24H28O8/c1-16(31-22(25)27-4)13-28-19-9-5-17(6-10-19)24(2,3)18-7-11-20(12-8-18)29-14-21-15-30-23(26)32-21/h5-12,16,21H,13-15H2,1-4H3. The number of ether oxygens (including phenoxy) is 6. The lowest BCUT2D eigenvalue weighted by Crippen LogP contribution is -2.22. The van der Waals surface area contributed by atoms with Crippen molar-refractivity contribution < 1.29 is 38.0 Å². The Balaban J connectivity index is 1.55. The lowest BCUT2D eigenvalue weighted by Gasteiger charge is -2.26. The number of hydrogen-bond donors (Lipinski definition) is 0. The van der Waals surface area contributed by atoms with Gasteiger partial charge in [0.1, 0.15) is 37.4 Å². The molecule has 2 aromatic rings. The average Bonchev–Trinajstić information content (AvgIpc) is 3.22. The Kier molecular flexibility index (Phi) is 7.45. The van der Waals surface area contributed by atoms with Crippen LogP contribution in [0, 0.1) is 0 Å². The third-order valence-corrected chi connectivity index (χ3v) is 5.19. The quantitative estimate of drug-likeness (QED) is 0.523. The van der Waals surface area contributed by atoms with Crippen LogP contribution in [0.25, 0.3) is 0 Å². The molecule has 32 heavy (non-hydrogen) atoms. The predicted molar refractivity (Wildman–Crippen MR) is 115 cm³/mol. The van der Waals surface area contributed by atoms with Crippen LogP contribution < -0.4 is 9.47 Å². The van der Waals surface area contributed by atoms with Gasteiger partial charge in [0.25, 0.3) is 0 Å². The van der Waals surface area contributed by atoms with Gasteiger partial charge in [0, 0.05) is 5.41 Å². The van der Waals surface area contributed by atoms with Gasteiger partial charge in [-0.25, -0.2) is 9.59 Å². The summed E-state index contributed by atoms with van der Waals surface area (Å²) in [4.78, 5) is 22.1. The van der Waals surface area contributed by atoms with E-state index in [0.29, 0.717) is 11.5 Å². The molecule has 0 spiro atoms. The Hall–Kier alpha value is -3.42. The average molecular weight is 444 g/mol. The Morgan fingerprint density at radius 3 is 2.09 bits per heavy atom. The number of hydrogen-bond acceptors (Lipinski definition) is 8. The van der Waals surface area contributed by atoms with E-state index in [-0.39, 0.29) is 31.3 Å². The summed E-state index contributed by atoms with van der Waals surface area (Å²) in [6.45, 7) is 6.70. The molecule has 0 aliphatic carbocycles. The van der Waals surface area contributed by atoms with E-state index < -0.39 is 18.4 Å². The van der Waals surface area contributed by atoms with Gasteiger partial charge >= 0.3 is 12.3 Å². The second-order valence-electron chi connectivity index (χ2n) is 7.98. The number of rotatable bonds is 9. The van der Waals surface area contributed by atoms with Crippen molar-refractivity contribution in [2.45, 2.75) is 38.4 Å². The summed E-state index contributed by atoms with van der Waals surface area (Å²) < 4.78 is 30.5. The molecule has 0 N–H and O–H groups in total. The molecule has 0 saturated carbocycles. The highest BCUT2D eigenvalue weighted by atomic mass is 16.8. The van der Waals surface area contributed by atoms with Gasteiger partial charge in [-0.2, -0.15) is 0 Å². The zero-order chi connectivity index (χ0) is 23.1. The molecule has 0 aromatic heterocycles. The second kappa shape index (κ2) is 10.3. The normalized spacial score (nSPS) is 16.5. The molecule has 2 aromatic carbocycles. The first kappa shape index (κ1) is 23.2. The topological polar surface area (TPSA) is 89.5 Å². The van der Waals surface area contributed by atoms with E-state index in [0.717, 1.165) is 11.1 Å². The molecule has 8 heteroatoms. The van der Waals surface area contributed by atoms with Gasteiger partial charge in [-0.05, 0) is 42.3 Å². The molecule has 1 fully saturated rings. The highest BCUT2D eigenvalue weighted by Crippen LogP contribution is 2.33. The van der Waals surface area contributed by atoms with Crippen molar-refractivity contribution in [2.24, 2.45) is 0 Å². The van der Waals surface area contributed by atoms with E-state index in [9.17, 15) is 9.59 Å². The minimum atomic E-state index is -0.731. The molecular formula is C24H28O8. The van der Waals surface area contributed by atoms with Crippen LogP contribution in [0.1, 0.15) is 31.9 Å². The van der Waals surface area contributed by atoms with Gasteiger partial charge in [0.15, 0.2) is 6.10 Å². The Morgan fingerprint density at radius 2 is 1.59 bits per heavy atom. The maximum absolute atomic E-state index is 11.1. The summed E-state index contributed by atoms with van der Waals surface area (Å²) in [6.07, 6.45) is -2.19. The van der Waals surface area contributed by atoms with Crippen LogP contribution >= 0.6 is 0 Å². The number of carbonyl (C=O) groups excluding carboxylic acids is 2. The van der Waals surface area contributed by atoms with Gasteiger partial charge in [-0.1, -0.05) is 38.1 Å². The zero-order valence-electron chi connectivity index (χ0n) is 18.7. The molecule has 1 aliphatic heterocycles. The Bertz CT molecular complexity index is 905. The van der Waals surface area contributed by atoms with Crippen LogP contribution in [0.5, 0.6) is 11.5 Å². The molecule has 1 heterocycles. The number of methoxy groups -OCH3 is 1. The fraction of sp³-hybridized carbons (Fsp3) is 0.417. The van der Waals surface area contributed by atoms with Crippen LogP contribution in [-0.2, 0) is 24.4 Å². The van der Waals surface area contributed by atoms with Gasteiger partial charge in [-0.3, -0.25) is 0 Å². The molecule has 1 saturated heterocycles. The molecule has 0 bridgehead atoms. The molecule has 172 valence electrons. The van der Waals surface area contributed by atoms with E-state index in [2.05, 4.69) is 18.6 Å². The van der Waals surface area contributed by atoms with Crippen molar-refractivity contribution in [2.75, 3.05) is 26.9 Å². The zero-order valence-corrected chi connectivity index (χ0v) is 18.7. The first-order chi connectivity index (χ1) is 15.3. The first-order valence-corrected chi connectivity index (χ1v) is 10.3. The van der Waals surface area contributed by atoms with Crippen LogP contribution in [0.3, 0.4) is 0 Å². The molecular weight excluding hydrogens is 416 g/mol. The molecule has 8 nitrogen and oxygen atoms in total. The third kappa shape index (κ3) is 6.06. The minimum Gasteiger partial charge on any atom is -0.490 e. The Morgan fingerprint density at radius 1 is 1.03 bits per heavy atom. The summed E-state index contributed by atoms with van der Waals surface area (Å²) in [7, 11) is 1.26. The summed E-state index contributed by atoms with van der Waals surface area (Å²) in [6, 6.07) is 15.6. The fourth-order valence-corrected chi connectivity index (χ4v) is 3.20. The number of carbonyl (C=O) groups is 2. The number of benzene rings is 2. The monoisotopic (exact) mass is 444 g/mol. The van der Waals surface area contributed by atoms with Crippen molar-refractivity contribution in [1.29, 1.82) is 0 Å². The van der Waals surface area contributed by atoms with Crippen molar-refractivity contribution in [3.8, 4) is 11.5 Å². The van der Waals surface area contributed by atoms with Gasteiger partial charge in [0.2, 0.25) is 0 Å². The van der Waals surface area contributed by atoms with Crippen LogP contribution in [0.15, 0.2) is 48.5 Å². The summed E-state index contributed by atoms with van der Waals surface area (Å²) in [5.41, 5.74) is 1.99. The summed E-state index contributed by atoms with van der Waals surface area (Å²) in [5, 5.41) is 0. The van der Waals surface area contributed by atoms with E-state index >= 15 is 0 Å². The lowest BCUT2D eigenvalue weighted by molar-refractivity contribution is 0.0256. The van der Waals surface area contributed by atoms with Gasteiger partial charge in [-0.15, -0.1) is 0 Å². The molecule has 1 aliphatic rings. The minimum absolute atomic E-state index is 0.209. The maximum Gasteiger partial charge on any atom is 0.508 e. The van der Waals surface area contributed by atoms with Crippen LogP contribution in [0.4, 0.5) is 9.59 Å². The van der Waals surface area contributed by atoms with Crippen LogP contribution in [-0.4, -0.2) is 51.4 Å². The summed E-state index contributed by atoms with van der Waals surface area (Å²) >= 11 is 0. The van der Waals surface area contributed by atoms with E-state index in [1.165, 1.54) is 7.11 Å². The third-order valence-electron chi connectivity index (χ3n) is 5.19. The van der Waals surface area contributed by atoms with Crippen LogP contribution in [0.2, 0.25) is 0 Å². The maximum atomic E-state index is 11.1. The van der Waals surface area contributed by atoms with Crippen molar-refractivity contribution in [3.05, 3.63) is 59.7 Å². The smallest absolute Gasteiger partial charge is 0.490 e. The van der Waals surface area contributed by atoms with E-state index in [1.54, 1.807) is 6.92 Å². The molecule has 2 unspecified atom stereocenters. The van der Waals surface area contributed by atoms with E-state index in [4.69, 9.17) is 23.7 Å².